The number of carbonyl (C=O) groups is 1. The third-order valence-electron chi connectivity index (χ3n) is 3.68. The topological polar surface area (TPSA) is 46.4 Å². The van der Waals surface area contributed by atoms with E-state index in [4.69, 9.17) is 11.6 Å². The zero-order valence-corrected chi connectivity index (χ0v) is 15.9. The van der Waals surface area contributed by atoms with E-state index in [9.17, 15) is 4.79 Å². The molecule has 25 heavy (non-hydrogen) atoms. The second-order valence-electron chi connectivity index (χ2n) is 5.32. The number of imidazole rings is 1. The zero-order valence-electron chi connectivity index (χ0n) is 12.7. The van der Waals surface area contributed by atoms with E-state index in [1.165, 1.54) is 0 Å². The van der Waals surface area contributed by atoms with E-state index in [-0.39, 0.29) is 5.91 Å². The molecule has 0 bridgehead atoms. The van der Waals surface area contributed by atoms with E-state index in [1.807, 2.05) is 40.2 Å². The summed E-state index contributed by atoms with van der Waals surface area (Å²) in [5.74, 6) is 0.426. The normalized spacial score (nSPS) is 11.0. The number of aromatic nitrogens is 2. The van der Waals surface area contributed by atoms with Gasteiger partial charge in [-0.05, 0) is 63.8 Å². The largest absolute Gasteiger partial charge is 0.306 e. The lowest BCUT2D eigenvalue weighted by Gasteiger charge is -2.07. The van der Waals surface area contributed by atoms with E-state index < -0.39 is 0 Å². The quantitative estimate of drug-likeness (QED) is 0.449. The molecule has 124 valence electrons. The molecule has 1 aromatic carbocycles. The Morgan fingerprint density at radius 1 is 1.16 bits per heavy atom. The number of thiophene rings is 1. The first kappa shape index (κ1) is 16.3. The Bertz CT molecular complexity index is 1060. The lowest BCUT2D eigenvalue weighted by molar-refractivity contribution is 0.102. The van der Waals surface area contributed by atoms with Crippen molar-refractivity contribution in [2.45, 2.75) is 0 Å². The lowest BCUT2D eigenvalue weighted by Crippen LogP contribution is -2.13. The summed E-state index contributed by atoms with van der Waals surface area (Å²) in [6.45, 7) is 0. The molecule has 0 saturated carbocycles. The number of halogens is 2. The van der Waals surface area contributed by atoms with E-state index >= 15 is 0 Å². The van der Waals surface area contributed by atoms with Crippen LogP contribution in [0.4, 0.5) is 5.82 Å². The van der Waals surface area contributed by atoms with Crippen LogP contribution in [0.5, 0.6) is 0 Å². The Hall–Kier alpha value is -2.15. The SMILES string of the molecule is O=C(Nc1c(-c2cccs2)nc2ccc(Br)cn12)c1ccc(Cl)cc1. The van der Waals surface area contributed by atoms with Gasteiger partial charge in [0.2, 0.25) is 0 Å². The Morgan fingerprint density at radius 3 is 2.68 bits per heavy atom. The van der Waals surface area contributed by atoms with Crippen LogP contribution in [0.15, 0.2) is 64.6 Å². The van der Waals surface area contributed by atoms with Gasteiger partial charge in [0.1, 0.15) is 17.2 Å². The fourth-order valence-corrected chi connectivity index (χ4v) is 3.68. The van der Waals surface area contributed by atoms with Gasteiger partial charge in [0, 0.05) is 21.3 Å². The van der Waals surface area contributed by atoms with Crippen LogP contribution in [-0.2, 0) is 0 Å². The van der Waals surface area contributed by atoms with Crippen molar-refractivity contribution < 1.29 is 4.79 Å². The lowest BCUT2D eigenvalue weighted by atomic mass is 10.2. The fraction of sp³-hybridized carbons (Fsp3) is 0. The van der Waals surface area contributed by atoms with Crippen LogP contribution >= 0.6 is 38.9 Å². The van der Waals surface area contributed by atoms with Gasteiger partial charge in [-0.2, -0.15) is 0 Å². The summed E-state index contributed by atoms with van der Waals surface area (Å²) in [5, 5.41) is 5.57. The molecule has 0 fully saturated rings. The van der Waals surface area contributed by atoms with Gasteiger partial charge in [0.15, 0.2) is 0 Å². The highest BCUT2D eigenvalue weighted by Gasteiger charge is 2.18. The molecule has 1 amide bonds. The number of amides is 1. The zero-order chi connectivity index (χ0) is 17.4. The van der Waals surface area contributed by atoms with Gasteiger partial charge in [-0.25, -0.2) is 4.98 Å². The van der Waals surface area contributed by atoms with Crippen LogP contribution in [0, 0.1) is 0 Å². The maximum Gasteiger partial charge on any atom is 0.256 e. The highest BCUT2D eigenvalue weighted by molar-refractivity contribution is 9.10. The molecule has 4 rings (SSSR count). The second-order valence-corrected chi connectivity index (χ2v) is 7.62. The molecule has 1 N–H and O–H groups in total. The van der Waals surface area contributed by atoms with Crippen LogP contribution < -0.4 is 5.32 Å². The monoisotopic (exact) mass is 431 g/mol. The van der Waals surface area contributed by atoms with Crippen molar-refractivity contribution >= 4 is 56.2 Å². The number of fused-ring (bicyclic) bond motifs is 1. The number of nitrogens with zero attached hydrogens (tertiary/aromatic N) is 2. The molecule has 4 aromatic rings. The van der Waals surface area contributed by atoms with Crippen molar-refractivity contribution in [3.05, 3.63) is 75.2 Å². The number of nitrogens with one attached hydrogen (secondary N) is 1. The summed E-state index contributed by atoms with van der Waals surface area (Å²) in [5.41, 5.74) is 2.04. The average molecular weight is 433 g/mol. The van der Waals surface area contributed by atoms with Gasteiger partial charge in [-0.3, -0.25) is 9.20 Å². The molecule has 0 saturated heterocycles. The predicted molar refractivity (Wildman–Crippen MR) is 106 cm³/mol. The number of anilines is 1. The Morgan fingerprint density at radius 2 is 1.96 bits per heavy atom. The predicted octanol–water partition coefficient (Wildman–Crippen LogP) is 5.73. The van der Waals surface area contributed by atoms with Crippen LogP contribution in [0.2, 0.25) is 5.02 Å². The number of hydrogen-bond donors (Lipinski definition) is 1. The minimum Gasteiger partial charge on any atom is -0.306 e. The van der Waals surface area contributed by atoms with Crippen LogP contribution in [0.25, 0.3) is 16.2 Å². The molecule has 0 aliphatic heterocycles. The number of benzene rings is 1. The number of rotatable bonds is 3. The van der Waals surface area contributed by atoms with Gasteiger partial charge < -0.3 is 5.32 Å². The summed E-state index contributed by atoms with van der Waals surface area (Å²) < 4.78 is 2.77. The minimum atomic E-state index is -0.212. The van der Waals surface area contributed by atoms with Crippen molar-refractivity contribution in [3.63, 3.8) is 0 Å². The van der Waals surface area contributed by atoms with Crippen LogP contribution in [0.1, 0.15) is 10.4 Å². The van der Waals surface area contributed by atoms with Gasteiger partial charge in [0.25, 0.3) is 5.91 Å². The standard InChI is InChI=1S/C18H11BrClN3OS/c19-12-5-8-15-21-16(14-2-1-9-25-14)17(23(15)10-12)22-18(24)11-3-6-13(20)7-4-11/h1-10H,(H,22,24). The first-order valence-electron chi connectivity index (χ1n) is 7.40. The van der Waals surface area contributed by atoms with Crippen molar-refractivity contribution in [2.24, 2.45) is 0 Å². The van der Waals surface area contributed by atoms with Gasteiger partial charge in [-0.1, -0.05) is 17.7 Å². The summed E-state index contributed by atoms with van der Waals surface area (Å²) in [7, 11) is 0. The minimum absolute atomic E-state index is 0.212. The third-order valence-corrected chi connectivity index (χ3v) is 5.27. The highest BCUT2D eigenvalue weighted by atomic mass is 79.9. The molecule has 7 heteroatoms. The summed E-state index contributed by atoms with van der Waals surface area (Å²) >= 11 is 10.9. The molecular formula is C18H11BrClN3OS. The van der Waals surface area contributed by atoms with Gasteiger partial charge in [-0.15, -0.1) is 11.3 Å². The van der Waals surface area contributed by atoms with Crippen LogP contribution in [-0.4, -0.2) is 15.3 Å². The summed E-state index contributed by atoms with van der Waals surface area (Å²) in [4.78, 5) is 18.3. The molecule has 0 radical (unpaired) electrons. The van der Waals surface area contributed by atoms with Crippen molar-refractivity contribution in [1.82, 2.24) is 9.38 Å². The first-order chi connectivity index (χ1) is 12.1. The Kier molecular flexibility index (Phi) is 4.33. The summed E-state index contributed by atoms with van der Waals surface area (Å²) in [6.07, 6.45) is 1.89. The molecule has 3 heterocycles. The molecule has 0 spiro atoms. The third kappa shape index (κ3) is 3.20. The van der Waals surface area contributed by atoms with Crippen molar-refractivity contribution in [3.8, 4) is 10.6 Å². The Labute approximate surface area is 161 Å². The highest BCUT2D eigenvalue weighted by Crippen LogP contribution is 2.33. The smallest absolute Gasteiger partial charge is 0.256 e. The maximum absolute atomic E-state index is 12.7. The Balaban J connectivity index is 1.81. The van der Waals surface area contributed by atoms with Gasteiger partial charge >= 0.3 is 0 Å². The summed E-state index contributed by atoms with van der Waals surface area (Å²) in [6, 6.07) is 14.6. The molecule has 4 nitrogen and oxygen atoms in total. The van der Waals surface area contributed by atoms with E-state index in [1.54, 1.807) is 35.6 Å². The maximum atomic E-state index is 12.7. The molecule has 0 aliphatic rings. The average Bonchev–Trinajstić information content (AvgIpc) is 3.24. The van der Waals surface area contributed by atoms with E-state index in [2.05, 4.69) is 26.2 Å². The van der Waals surface area contributed by atoms with Crippen molar-refractivity contribution in [2.75, 3.05) is 5.32 Å². The molecular weight excluding hydrogens is 422 g/mol. The fourth-order valence-electron chi connectivity index (χ4n) is 2.50. The molecule has 0 atom stereocenters. The number of hydrogen-bond acceptors (Lipinski definition) is 3. The van der Waals surface area contributed by atoms with Crippen LogP contribution in [0.3, 0.4) is 0 Å². The molecule has 0 aliphatic carbocycles. The number of carbonyl (C=O) groups excluding carboxylic acids is 1. The number of pyridine rings is 1. The van der Waals surface area contributed by atoms with E-state index in [0.717, 1.165) is 20.7 Å². The van der Waals surface area contributed by atoms with E-state index in [0.29, 0.717) is 16.4 Å². The molecule has 3 aromatic heterocycles. The molecule has 0 unspecified atom stereocenters. The second kappa shape index (κ2) is 6.63. The van der Waals surface area contributed by atoms with Gasteiger partial charge in [0.05, 0.1) is 4.88 Å². The first-order valence-corrected chi connectivity index (χ1v) is 9.45. The van der Waals surface area contributed by atoms with Crippen molar-refractivity contribution in [1.29, 1.82) is 0 Å².